The molecule has 0 spiro atoms. The van der Waals surface area contributed by atoms with Crippen LogP contribution in [-0.4, -0.2) is 9.97 Å². The average molecular weight is 329 g/mol. The van der Waals surface area contributed by atoms with Crippen LogP contribution in [0.5, 0.6) is 0 Å². The molecular formula is C15H13BrN4. The van der Waals surface area contributed by atoms with E-state index in [1.54, 1.807) is 6.07 Å². The van der Waals surface area contributed by atoms with Gasteiger partial charge in [-0.2, -0.15) is 0 Å². The van der Waals surface area contributed by atoms with Crippen molar-refractivity contribution in [3.8, 4) is 0 Å². The Kier molecular flexibility index (Phi) is 3.28. The zero-order chi connectivity index (χ0) is 14.1. The molecule has 0 unspecified atom stereocenters. The molecule has 1 aromatic heterocycles. The van der Waals surface area contributed by atoms with Crippen LogP contribution in [0.15, 0.2) is 46.9 Å². The van der Waals surface area contributed by atoms with Crippen molar-refractivity contribution in [1.82, 2.24) is 9.97 Å². The molecule has 0 aliphatic heterocycles. The first-order valence-corrected chi connectivity index (χ1v) is 6.97. The van der Waals surface area contributed by atoms with E-state index in [1.807, 2.05) is 19.1 Å². The van der Waals surface area contributed by atoms with Gasteiger partial charge in [0.1, 0.15) is 17.5 Å². The maximum absolute atomic E-state index is 5.72. The second-order valence-electron chi connectivity index (χ2n) is 4.56. The van der Waals surface area contributed by atoms with E-state index in [0.29, 0.717) is 17.5 Å². The van der Waals surface area contributed by atoms with Crippen molar-refractivity contribution in [2.24, 2.45) is 0 Å². The highest BCUT2D eigenvalue weighted by Gasteiger charge is 2.02. The van der Waals surface area contributed by atoms with E-state index >= 15 is 0 Å². The third-order valence-corrected chi connectivity index (χ3v) is 3.43. The van der Waals surface area contributed by atoms with E-state index in [2.05, 4.69) is 55.5 Å². The number of nitrogens with zero attached hydrogens (tertiary/aromatic N) is 2. The molecule has 3 aromatic rings. The van der Waals surface area contributed by atoms with E-state index in [-0.39, 0.29) is 0 Å². The summed E-state index contributed by atoms with van der Waals surface area (Å²) in [5.41, 5.74) is 6.69. The van der Waals surface area contributed by atoms with Gasteiger partial charge < -0.3 is 11.1 Å². The van der Waals surface area contributed by atoms with Crippen LogP contribution < -0.4 is 11.1 Å². The number of fused-ring (bicyclic) bond motifs is 1. The van der Waals surface area contributed by atoms with Crippen LogP contribution >= 0.6 is 15.9 Å². The Labute approximate surface area is 125 Å². The largest absolute Gasteiger partial charge is 0.384 e. The second-order valence-corrected chi connectivity index (χ2v) is 5.47. The fourth-order valence-corrected chi connectivity index (χ4v) is 2.48. The molecule has 3 rings (SSSR count). The predicted octanol–water partition coefficient (Wildman–Crippen LogP) is 4.03. The fraction of sp³-hybridized carbons (Fsp3) is 0.0667. The second kappa shape index (κ2) is 5.09. The lowest BCUT2D eigenvalue weighted by Gasteiger charge is -2.08. The number of aryl methyl sites for hydroxylation is 1. The van der Waals surface area contributed by atoms with Gasteiger partial charge in [-0.25, -0.2) is 9.97 Å². The number of nitrogens with two attached hydrogens (primary N) is 1. The third-order valence-electron chi connectivity index (χ3n) is 2.93. The summed E-state index contributed by atoms with van der Waals surface area (Å²) in [6.07, 6.45) is 0. The van der Waals surface area contributed by atoms with E-state index in [1.165, 1.54) is 5.39 Å². The third kappa shape index (κ3) is 2.72. The molecule has 0 radical (unpaired) electrons. The molecular weight excluding hydrogens is 316 g/mol. The number of nitrogen functional groups attached to an aromatic ring is 1. The van der Waals surface area contributed by atoms with Crippen molar-refractivity contribution in [3.05, 3.63) is 52.8 Å². The van der Waals surface area contributed by atoms with Crippen LogP contribution in [0.4, 0.5) is 17.3 Å². The van der Waals surface area contributed by atoms with Crippen molar-refractivity contribution in [1.29, 1.82) is 0 Å². The molecule has 0 saturated heterocycles. The van der Waals surface area contributed by atoms with Gasteiger partial charge >= 0.3 is 0 Å². The molecule has 5 heteroatoms. The minimum atomic E-state index is 0.463. The maximum Gasteiger partial charge on any atom is 0.136 e. The van der Waals surface area contributed by atoms with Crippen molar-refractivity contribution in [3.63, 3.8) is 0 Å². The highest BCUT2D eigenvalue weighted by Crippen LogP contribution is 2.24. The molecule has 0 atom stereocenters. The molecule has 4 nitrogen and oxygen atoms in total. The summed E-state index contributed by atoms with van der Waals surface area (Å²) in [5, 5.41) is 5.60. The van der Waals surface area contributed by atoms with Crippen molar-refractivity contribution in [2.75, 3.05) is 11.1 Å². The number of nitrogens with one attached hydrogen (secondary N) is 1. The van der Waals surface area contributed by atoms with Crippen molar-refractivity contribution in [2.45, 2.75) is 6.92 Å². The standard InChI is InChI=1S/C15H13BrN4/c1-9-18-14(17)8-15(19-9)20-13-5-3-10-6-12(16)4-2-11(10)7-13/h2-8H,1H3,(H3,17,18,19,20). The van der Waals surface area contributed by atoms with E-state index < -0.39 is 0 Å². The minimum Gasteiger partial charge on any atom is -0.384 e. The van der Waals surface area contributed by atoms with Crippen molar-refractivity contribution >= 4 is 44.0 Å². The lowest BCUT2D eigenvalue weighted by atomic mass is 10.1. The first-order chi connectivity index (χ1) is 9.60. The number of rotatable bonds is 2. The van der Waals surface area contributed by atoms with E-state index in [9.17, 15) is 0 Å². The van der Waals surface area contributed by atoms with Crippen LogP contribution in [0.25, 0.3) is 10.8 Å². The van der Waals surface area contributed by atoms with Gasteiger partial charge in [-0.1, -0.05) is 28.1 Å². The Hall–Kier alpha value is -2.14. The quantitative estimate of drug-likeness (QED) is 0.745. The summed E-state index contributed by atoms with van der Waals surface area (Å²) >= 11 is 3.47. The summed E-state index contributed by atoms with van der Waals surface area (Å²) < 4.78 is 1.07. The summed E-state index contributed by atoms with van der Waals surface area (Å²) in [6, 6.07) is 14.1. The SMILES string of the molecule is Cc1nc(N)cc(Nc2ccc3cc(Br)ccc3c2)n1. The number of benzene rings is 2. The lowest BCUT2D eigenvalue weighted by molar-refractivity contribution is 1.06. The number of hydrogen-bond acceptors (Lipinski definition) is 4. The zero-order valence-corrected chi connectivity index (χ0v) is 12.5. The van der Waals surface area contributed by atoms with Crippen LogP contribution in [0.3, 0.4) is 0 Å². The number of hydrogen-bond donors (Lipinski definition) is 2. The molecule has 0 aliphatic rings. The zero-order valence-electron chi connectivity index (χ0n) is 10.9. The van der Waals surface area contributed by atoms with Crippen LogP contribution in [0.1, 0.15) is 5.82 Å². The van der Waals surface area contributed by atoms with E-state index in [0.717, 1.165) is 15.5 Å². The number of aromatic nitrogens is 2. The molecule has 20 heavy (non-hydrogen) atoms. The Morgan fingerprint density at radius 2 is 1.75 bits per heavy atom. The average Bonchev–Trinajstić information content (AvgIpc) is 2.38. The Bertz CT molecular complexity index is 766. The molecule has 0 amide bonds. The first-order valence-electron chi connectivity index (χ1n) is 6.18. The molecule has 3 N–H and O–H groups in total. The minimum absolute atomic E-state index is 0.463. The predicted molar refractivity (Wildman–Crippen MR) is 86.1 cm³/mol. The molecule has 0 bridgehead atoms. The molecule has 0 fully saturated rings. The highest BCUT2D eigenvalue weighted by atomic mass is 79.9. The normalized spacial score (nSPS) is 10.7. The van der Waals surface area contributed by atoms with Gasteiger partial charge in [-0.05, 0) is 42.0 Å². The van der Waals surface area contributed by atoms with Gasteiger partial charge in [0.15, 0.2) is 0 Å². The van der Waals surface area contributed by atoms with Gasteiger partial charge in [0.05, 0.1) is 0 Å². The molecule has 0 saturated carbocycles. The van der Waals surface area contributed by atoms with Crippen LogP contribution in [0.2, 0.25) is 0 Å². The maximum atomic E-state index is 5.72. The Morgan fingerprint density at radius 1 is 1.00 bits per heavy atom. The molecule has 2 aromatic carbocycles. The van der Waals surface area contributed by atoms with Crippen LogP contribution in [-0.2, 0) is 0 Å². The molecule has 1 heterocycles. The van der Waals surface area contributed by atoms with Gasteiger partial charge in [0.25, 0.3) is 0 Å². The summed E-state index contributed by atoms with van der Waals surface area (Å²) in [7, 11) is 0. The van der Waals surface area contributed by atoms with Gasteiger partial charge in [-0.15, -0.1) is 0 Å². The van der Waals surface area contributed by atoms with Crippen molar-refractivity contribution < 1.29 is 0 Å². The Morgan fingerprint density at radius 3 is 2.55 bits per heavy atom. The lowest BCUT2D eigenvalue weighted by Crippen LogP contribution is -2.00. The number of halogens is 1. The number of anilines is 3. The van der Waals surface area contributed by atoms with E-state index in [4.69, 9.17) is 5.73 Å². The monoisotopic (exact) mass is 328 g/mol. The molecule has 0 aliphatic carbocycles. The smallest absolute Gasteiger partial charge is 0.136 e. The first kappa shape index (κ1) is 12.9. The summed E-state index contributed by atoms with van der Waals surface area (Å²) in [6.45, 7) is 1.82. The van der Waals surface area contributed by atoms with Gasteiger partial charge in [0.2, 0.25) is 0 Å². The highest BCUT2D eigenvalue weighted by molar-refractivity contribution is 9.10. The fourth-order valence-electron chi connectivity index (χ4n) is 2.10. The van der Waals surface area contributed by atoms with Gasteiger partial charge in [0, 0.05) is 16.2 Å². The Balaban J connectivity index is 1.96. The summed E-state index contributed by atoms with van der Waals surface area (Å²) in [4.78, 5) is 8.37. The summed E-state index contributed by atoms with van der Waals surface area (Å²) in [5.74, 6) is 1.81. The molecule has 100 valence electrons. The van der Waals surface area contributed by atoms with Gasteiger partial charge in [-0.3, -0.25) is 0 Å². The topological polar surface area (TPSA) is 63.8 Å². The van der Waals surface area contributed by atoms with Crippen LogP contribution in [0, 0.1) is 6.92 Å².